The van der Waals surface area contributed by atoms with E-state index in [1.165, 1.54) is 0 Å². The van der Waals surface area contributed by atoms with Crippen molar-refractivity contribution in [3.05, 3.63) is 82.2 Å². The molecule has 4 rings (SSSR count). The molecule has 1 aromatic heterocycles. The first-order valence-corrected chi connectivity index (χ1v) is 16.8. The fourth-order valence-corrected chi connectivity index (χ4v) is 5.89. The van der Waals surface area contributed by atoms with Gasteiger partial charge in [-0.2, -0.15) is 5.21 Å². The van der Waals surface area contributed by atoms with Crippen LogP contribution in [0.15, 0.2) is 59.6 Å². The molecule has 10 nitrogen and oxygen atoms in total. The summed E-state index contributed by atoms with van der Waals surface area (Å²) in [4.78, 5) is 34.4. The summed E-state index contributed by atoms with van der Waals surface area (Å²) in [6, 6.07) is 12.7. The van der Waals surface area contributed by atoms with Crippen LogP contribution in [0, 0.1) is 11.3 Å². The molecule has 11 heteroatoms. The van der Waals surface area contributed by atoms with E-state index in [2.05, 4.69) is 67.1 Å². The minimum Gasteiger partial charge on any atom is -0.492 e. The van der Waals surface area contributed by atoms with Crippen LogP contribution in [0.1, 0.15) is 113 Å². The molecule has 2 unspecified atom stereocenters. The lowest BCUT2D eigenvalue weighted by Gasteiger charge is -2.35. The van der Waals surface area contributed by atoms with Crippen molar-refractivity contribution in [2.24, 2.45) is 16.3 Å². The Morgan fingerprint density at radius 1 is 1.17 bits per heavy atom. The first-order chi connectivity index (χ1) is 22.4. The van der Waals surface area contributed by atoms with Gasteiger partial charge in [0.05, 0.1) is 24.2 Å². The van der Waals surface area contributed by atoms with E-state index in [4.69, 9.17) is 21.3 Å². The van der Waals surface area contributed by atoms with E-state index in [1.807, 2.05) is 36.1 Å². The van der Waals surface area contributed by atoms with E-state index in [-0.39, 0.29) is 36.0 Å². The van der Waals surface area contributed by atoms with Gasteiger partial charge >= 0.3 is 0 Å². The number of rotatable bonds is 16. The van der Waals surface area contributed by atoms with Crippen LogP contribution < -0.4 is 10.1 Å². The molecule has 0 saturated carbocycles. The van der Waals surface area contributed by atoms with Crippen LogP contribution in [-0.2, 0) is 11.3 Å². The minimum atomic E-state index is -0.328. The van der Waals surface area contributed by atoms with Gasteiger partial charge in [-0.1, -0.05) is 88.0 Å². The van der Waals surface area contributed by atoms with E-state index >= 15 is 0 Å². The lowest BCUT2D eigenvalue weighted by Crippen LogP contribution is -2.40. The molecule has 3 atom stereocenters. The summed E-state index contributed by atoms with van der Waals surface area (Å²) < 4.78 is 5.98. The van der Waals surface area contributed by atoms with Gasteiger partial charge in [0, 0.05) is 17.5 Å². The summed E-state index contributed by atoms with van der Waals surface area (Å²) in [7, 11) is 0. The minimum absolute atomic E-state index is 0.0525. The lowest BCUT2D eigenvalue weighted by molar-refractivity contribution is -0.127. The third-order valence-electron chi connectivity index (χ3n) is 8.28. The maximum Gasteiger partial charge on any atom is 0.274 e. The van der Waals surface area contributed by atoms with Gasteiger partial charge < -0.3 is 15.0 Å². The van der Waals surface area contributed by atoms with Crippen molar-refractivity contribution in [2.75, 3.05) is 6.61 Å². The SMILES string of the molecule is C=C(C)CCOc1cc(C2=NC(CC(C)CCC)N([C@H](CCC(C)(C)C)c3ccc(C(=O)NCc4nn[nH]n4)cc3)C2=O)ccc1Cl. The van der Waals surface area contributed by atoms with Crippen LogP contribution in [0.2, 0.25) is 5.02 Å². The van der Waals surface area contributed by atoms with Gasteiger partial charge in [-0.3, -0.25) is 14.6 Å². The highest BCUT2D eigenvalue weighted by Gasteiger charge is 2.40. The third kappa shape index (κ3) is 9.97. The molecule has 3 aromatic rings. The van der Waals surface area contributed by atoms with Crippen LogP contribution >= 0.6 is 11.6 Å². The average Bonchev–Trinajstić information content (AvgIpc) is 3.65. The van der Waals surface area contributed by atoms with Crippen LogP contribution in [0.5, 0.6) is 5.75 Å². The number of nitrogens with one attached hydrogen (secondary N) is 2. The van der Waals surface area contributed by atoms with Gasteiger partial charge in [-0.05, 0) is 67.3 Å². The number of tetrazole rings is 1. The zero-order chi connectivity index (χ0) is 34.1. The van der Waals surface area contributed by atoms with E-state index in [0.29, 0.717) is 52.4 Å². The number of carbonyl (C=O) groups excluding carboxylic acids is 2. The van der Waals surface area contributed by atoms with Crippen molar-refractivity contribution in [1.82, 2.24) is 30.8 Å². The molecule has 1 aliphatic rings. The second-order valence-corrected chi connectivity index (χ2v) is 14.2. The van der Waals surface area contributed by atoms with Crippen molar-refractivity contribution in [3.63, 3.8) is 0 Å². The molecule has 0 bridgehead atoms. The normalized spacial score (nSPS) is 16.1. The van der Waals surface area contributed by atoms with Crippen molar-refractivity contribution in [2.45, 2.75) is 98.8 Å². The Hall–Kier alpha value is -4.05. The van der Waals surface area contributed by atoms with Crippen LogP contribution in [0.3, 0.4) is 0 Å². The van der Waals surface area contributed by atoms with Crippen molar-refractivity contribution < 1.29 is 14.3 Å². The van der Waals surface area contributed by atoms with Crippen molar-refractivity contribution in [1.29, 1.82) is 0 Å². The summed E-state index contributed by atoms with van der Waals surface area (Å²) in [5, 5.41) is 17.0. The second-order valence-electron chi connectivity index (χ2n) is 13.7. The number of halogens is 1. The molecular weight excluding hydrogens is 614 g/mol. The Balaban J connectivity index is 1.66. The molecule has 0 radical (unpaired) electrons. The predicted octanol–water partition coefficient (Wildman–Crippen LogP) is 7.48. The molecule has 0 saturated heterocycles. The number of hydrogen-bond donors (Lipinski definition) is 2. The Kier molecular flexibility index (Phi) is 12.3. The number of nitrogens with zero attached hydrogens (tertiary/aromatic N) is 5. The molecule has 0 spiro atoms. The zero-order valence-corrected chi connectivity index (χ0v) is 29.2. The van der Waals surface area contributed by atoms with Gasteiger partial charge in [0.15, 0.2) is 5.82 Å². The molecule has 2 amide bonds. The molecule has 2 N–H and O–H groups in total. The molecule has 0 fully saturated rings. The van der Waals surface area contributed by atoms with Crippen LogP contribution in [0.4, 0.5) is 0 Å². The summed E-state index contributed by atoms with van der Waals surface area (Å²) >= 11 is 6.49. The van der Waals surface area contributed by atoms with Gasteiger partial charge in [0.2, 0.25) is 0 Å². The lowest BCUT2D eigenvalue weighted by atomic mass is 9.86. The maximum absolute atomic E-state index is 14.5. The number of aliphatic imine (C=N–C) groups is 1. The number of ether oxygens (including phenoxy) is 1. The predicted molar refractivity (Wildman–Crippen MR) is 185 cm³/mol. The molecule has 0 aliphatic carbocycles. The summed E-state index contributed by atoms with van der Waals surface area (Å²) in [5.41, 5.74) is 3.64. The first kappa shape index (κ1) is 35.8. The Bertz CT molecular complexity index is 1550. The molecule has 2 aromatic carbocycles. The highest BCUT2D eigenvalue weighted by Crippen LogP contribution is 2.38. The van der Waals surface area contributed by atoms with E-state index in [9.17, 15) is 9.59 Å². The quantitative estimate of drug-likeness (QED) is 0.153. The first-order valence-electron chi connectivity index (χ1n) is 16.4. The topological polar surface area (TPSA) is 125 Å². The maximum atomic E-state index is 14.5. The smallest absolute Gasteiger partial charge is 0.274 e. The van der Waals surface area contributed by atoms with Crippen molar-refractivity contribution in [3.8, 4) is 5.75 Å². The van der Waals surface area contributed by atoms with Gasteiger partial charge in [-0.25, -0.2) is 0 Å². The standard InChI is InChI=1S/C36H48ClN7O3/c1-8-9-24(4)20-32-39-33(27-14-15-28(37)30(21-27)47-19-17-23(2)3)35(46)44(32)29(16-18-36(5,6)7)25-10-12-26(13-11-25)34(45)38-22-31-40-42-43-41-31/h10-15,21,24,29,32H,2,8-9,16-20,22H2,1,3-7H3,(H,38,45)(H,40,41,42,43)/t24?,29-,32?/m1/s1. The fourth-order valence-electron chi connectivity index (χ4n) is 5.72. The Morgan fingerprint density at radius 3 is 2.55 bits per heavy atom. The number of amides is 2. The average molecular weight is 662 g/mol. The summed E-state index contributed by atoms with van der Waals surface area (Å²) in [5.74, 6) is 0.937. The van der Waals surface area contributed by atoms with E-state index in [0.717, 1.165) is 43.2 Å². The monoisotopic (exact) mass is 661 g/mol. The number of benzene rings is 2. The number of aromatic nitrogens is 4. The second kappa shape index (κ2) is 16.2. The number of carbonyl (C=O) groups is 2. The number of hydrogen-bond acceptors (Lipinski definition) is 7. The van der Waals surface area contributed by atoms with E-state index < -0.39 is 0 Å². The largest absolute Gasteiger partial charge is 0.492 e. The molecule has 2 heterocycles. The highest BCUT2D eigenvalue weighted by molar-refractivity contribution is 6.46. The van der Waals surface area contributed by atoms with Gasteiger partial charge in [0.25, 0.3) is 11.8 Å². The number of aromatic amines is 1. The molecule has 1 aliphatic heterocycles. The Morgan fingerprint density at radius 2 is 1.91 bits per heavy atom. The third-order valence-corrected chi connectivity index (χ3v) is 8.59. The summed E-state index contributed by atoms with van der Waals surface area (Å²) in [6.07, 6.45) is 4.88. The van der Waals surface area contributed by atoms with Crippen molar-refractivity contribution >= 4 is 29.1 Å². The van der Waals surface area contributed by atoms with E-state index in [1.54, 1.807) is 18.2 Å². The summed E-state index contributed by atoms with van der Waals surface area (Å²) in [6.45, 7) is 17.5. The van der Waals surface area contributed by atoms with Gasteiger partial charge in [-0.15, -0.1) is 16.8 Å². The Labute approximate surface area is 283 Å². The molecule has 252 valence electrons. The fraction of sp³-hybridized carbons (Fsp3) is 0.500. The van der Waals surface area contributed by atoms with Crippen LogP contribution in [-0.4, -0.2) is 55.8 Å². The molecular formula is C36H48ClN7O3. The molecule has 47 heavy (non-hydrogen) atoms. The highest BCUT2D eigenvalue weighted by atomic mass is 35.5. The van der Waals surface area contributed by atoms with Gasteiger partial charge in [0.1, 0.15) is 17.6 Å². The number of H-pyrrole nitrogens is 1. The van der Waals surface area contributed by atoms with Crippen LogP contribution in [0.25, 0.3) is 0 Å². The zero-order valence-electron chi connectivity index (χ0n) is 28.5.